The van der Waals surface area contributed by atoms with Gasteiger partial charge in [0.15, 0.2) is 0 Å². The molecule has 0 aliphatic carbocycles. The molecule has 7 nitrogen and oxygen atoms in total. The van der Waals surface area contributed by atoms with Gasteiger partial charge in [0.1, 0.15) is 17.3 Å². The van der Waals surface area contributed by atoms with E-state index in [0.29, 0.717) is 5.69 Å². The molecule has 0 radical (unpaired) electrons. The summed E-state index contributed by atoms with van der Waals surface area (Å²) in [5.74, 6) is 1.65. The Hall–Kier alpha value is -2.28. The van der Waals surface area contributed by atoms with Gasteiger partial charge in [-0.2, -0.15) is 0 Å². The van der Waals surface area contributed by atoms with E-state index in [1.807, 2.05) is 30.9 Å². The largest absolute Gasteiger partial charge is 0.343 e. The first-order valence-corrected chi connectivity index (χ1v) is 8.60. The summed E-state index contributed by atoms with van der Waals surface area (Å²) in [6, 6.07) is 1.76. The summed E-state index contributed by atoms with van der Waals surface area (Å²) in [5.41, 5.74) is 0.983. The van der Waals surface area contributed by atoms with Gasteiger partial charge in [-0.05, 0) is 39.3 Å². The van der Waals surface area contributed by atoms with Crippen LogP contribution in [-0.2, 0) is 19.1 Å². The number of hydrogen-bond acceptors (Lipinski definition) is 5. The summed E-state index contributed by atoms with van der Waals surface area (Å²) >= 11 is 0. The van der Waals surface area contributed by atoms with E-state index in [4.69, 9.17) is 0 Å². The molecule has 0 aromatic carbocycles. The maximum Gasteiger partial charge on any atom is 0.272 e. The predicted molar refractivity (Wildman–Crippen MR) is 95.0 cm³/mol. The lowest BCUT2D eigenvalue weighted by Crippen LogP contribution is -2.40. The van der Waals surface area contributed by atoms with Crippen LogP contribution in [0.25, 0.3) is 0 Å². The Morgan fingerprint density at radius 3 is 2.76 bits per heavy atom. The van der Waals surface area contributed by atoms with E-state index in [1.165, 1.54) is 0 Å². The molecule has 2 aromatic heterocycles. The fourth-order valence-corrected chi connectivity index (χ4v) is 3.39. The molecule has 0 N–H and O–H groups in total. The van der Waals surface area contributed by atoms with Crippen molar-refractivity contribution in [2.45, 2.75) is 38.8 Å². The normalized spacial score (nSPS) is 20.8. The van der Waals surface area contributed by atoms with Crippen LogP contribution in [-0.4, -0.2) is 55.9 Å². The first-order valence-electron chi connectivity index (χ1n) is 8.60. The molecule has 1 amide bonds. The Kier molecular flexibility index (Phi) is 4.60. The van der Waals surface area contributed by atoms with Crippen molar-refractivity contribution in [1.82, 2.24) is 29.3 Å². The molecular weight excluding hydrogens is 316 g/mol. The summed E-state index contributed by atoms with van der Waals surface area (Å²) in [5, 5.41) is 0. The minimum Gasteiger partial charge on any atom is -0.343 e. The molecule has 25 heavy (non-hydrogen) atoms. The zero-order chi connectivity index (χ0) is 18.2. The van der Waals surface area contributed by atoms with Crippen molar-refractivity contribution in [2.75, 3.05) is 20.6 Å². The predicted octanol–water partition coefficient (Wildman–Crippen LogP) is 1.73. The quantitative estimate of drug-likeness (QED) is 0.846. The third-order valence-corrected chi connectivity index (χ3v) is 5.00. The zero-order valence-corrected chi connectivity index (χ0v) is 15.7. The molecule has 3 heterocycles. The number of likely N-dealkylation sites (tertiary alicyclic amines) is 1. The second-order valence-corrected chi connectivity index (χ2v) is 7.17. The van der Waals surface area contributed by atoms with Crippen LogP contribution in [0.1, 0.15) is 47.6 Å². The van der Waals surface area contributed by atoms with E-state index in [0.717, 1.165) is 43.3 Å². The Bertz CT molecular complexity index is 784. The van der Waals surface area contributed by atoms with E-state index in [9.17, 15) is 4.79 Å². The average Bonchev–Trinajstić information content (AvgIpc) is 3.14. The van der Waals surface area contributed by atoms with Gasteiger partial charge in [0, 0.05) is 39.2 Å². The van der Waals surface area contributed by atoms with E-state index in [-0.39, 0.29) is 11.4 Å². The van der Waals surface area contributed by atoms with Crippen LogP contribution in [0.5, 0.6) is 0 Å². The molecule has 1 saturated heterocycles. The van der Waals surface area contributed by atoms with Crippen molar-refractivity contribution in [3.05, 3.63) is 41.5 Å². The zero-order valence-electron chi connectivity index (χ0n) is 15.7. The third-order valence-electron chi connectivity index (χ3n) is 5.00. The molecular formula is C18H26N6O. The number of aryl methyl sites for hydroxylation is 2. The van der Waals surface area contributed by atoms with Gasteiger partial charge < -0.3 is 9.47 Å². The van der Waals surface area contributed by atoms with Crippen LogP contribution < -0.4 is 0 Å². The van der Waals surface area contributed by atoms with Gasteiger partial charge in [0.25, 0.3) is 5.91 Å². The summed E-state index contributed by atoms with van der Waals surface area (Å²) in [4.78, 5) is 30.0. The second-order valence-electron chi connectivity index (χ2n) is 7.17. The van der Waals surface area contributed by atoms with Gasteiger partial charge in [-0.25, -0.2) is 15.0 Å². The fraction of sp³-hybridized carbons (Fsp3) is 0.556. The molecule has 1 fully saturated rings. The summed E-state index contributed by atoms with van der Waals surface area (Å²) in [6.07, 6.45) is 5.82. The molecule has 3 rings (SSSR count). The van der Waals surface area contributed by atoms with Gasteiger partial charge in [0.2, 0.25) is 0 Å². The van der Waals surface area contributed by atoms with Gasteiger partial charge in [-0.1, -0.05) is 0 Å². The molecule has 0 bridgehead atoms. The Morgan fingerprint density at radius 2 is 2.12 bits per heavy atom. The van der Waals surface area contributed by atoms with Crippen LogP contribution in [0.2, 0.25) is 0 Å². The molecule has 0 unspecified atom stereocenters. The molecule has 2 aromatic rings. The second kappa shape index (κ2) is 6.55. The lowest BCUT2D eigenvalue weighted by molar-refractivity contribution is 0.0818. The number of hydrogen-bond donors (Lipinski definition) is 0. The molecule has 1 atom stereocenters. The number of amides is 1. The van der Waals surface area contributed by atoms with Crippen molar-refractivity contribution in [1.29, 1.82) is 0 Å². The molecule has 0 spiro atoms. The fourth-order valence-electron chi connectivity index (χ4n) is 3.39. The van der Waals surface area contributed by atoms with Gasteiger partial charge >= 0.3 is 0 Å². The smallest absolute Gasteiger partial charge is 0.272 e. The van der Waals surface area contributed by atoms with Gasteiger partial charge in [0.05, 0.1) is 12.1 Å². The van der Waals surface area contributed by atoms with E-state index < -0.39 is 0 Å². The molecule has 1 aliphatic rings. The highest BCUT2D eigenvalue weighted by Crippen LogP contribution is 2.37. The van der Waals surface area contributed by atoms with Crippen LogP contribution in [0.4, 0.5) is 0 Å². The van der Waals surface area contributed by atoms with Crippen LogP contribution in [0.3, 0.4) is 0 Å². The first-order chi connectivity index (χ1) is 11.8. The number of nitrogens with zero attached hydrogens (tertiary/aromatic N) is 6. The highest BCUT2D eigenvalue weighted by atomic mass is 16.2. The number of carbonyl (C=O) groups is 1. The molecule has 1 aliphatic heterocycles. The average molecular weight is 342 g/mol. The SMILES string of the molecule is Cc1cc(C(=O)N(C)C)nc([C@@]2(C)CCCN2Cc2nccn2C)n1. The van der Waals surface area contributed by atoms with Crippen molar-refractivity contribution < 1.29 is 4.79 Å². The number of aromatic nitrogens is 4. The summed E-state index contributed by atoms with van der Waals surface area (Å²) < 4.78 is 2.04. The van der Waals surface area contributed by atoms with E-state index in [2.05, 4.69) is 26.8 Å². The lowest BCUT2D eigenvalue weighted by atomic mass is 9.97. The van der Waals surface area contributed by atoms with Crippen molar-refractivity contribution in [3.63, 3.8) is 0 Å². The number of imidazole rings is 1. The van der Waals surface area contributed by atoms with Crippen molar-refractivity contribution in [3.8, 4) is 0 Å². The highest BCUT2D eigenvalue weighted by molar-refractivity contribution is 5.92. The lowest BCUT2D eigenvalue weighted by Gasteiger charge is -2.34. The summed E-state index contributed by atoms with van der Waals surface area (Å²) in [7, 11) is 5.49. The summed E-state index contributed by atoms with van der Waals surface area (Å²) in [6.45, 7) is 5.80. The van der Waals surface area contributed by atoms with Crippen molar-refractivity contribution in [2.24, 2.45) is 7.05 Å². The minimum atomic E-state index is -0.292. The Balaban J connectivity index is 1.95. The molecule has 0 saturated carbocycles. The van der Waals surface area contributed by atoms with Gasteiger partial charge in [-0.3, -0.25) is 9.69 Å². The van der Waals surface area contributed by atoms with Crippen LogP contribution in [0.15, 0.2) is 18.5 Å². The van der Waals surface area contributed by atoms with Crippen molar-refractivity contribution >= 4 is 5.91 Å². The number of rotatable bonds is 4. The Labute approximate surface area is 148 Å². The minimum absolute atomic E-state index is 0.0935. The third kappa shape index (κ3) is 3.28. The molecule has 134 valence electrons. The van der Waals surface area contributed by atoms with E-state index >= 15 is 0 Å². The van der Waals surface area contributed by atoms with Gasteiger partial charge in [-0.15, -0.1) is 0 Å². The van der Waals surface area contributed by atoms with Crippen LogP contribution in [0, 0.1) is 6.92 Å². The highest BCUT2D eigenvalue weighted by Gasteiger charge is 2.41. The van der Waals surface area contributed by atoms with Crippen LogP contribution >= 0.6 is 0 Å². The maximum absolute atomic E-state index is 12.4. The maximum atomic E-state index is 12.4. The number of carbonyl (C=O) groups excluding carboxylic acids is 1. The molecule has 7 heteroatoms. The first kappa shape index (κ1) is 17.5. The van der Waals surface area contributed by atoms with E-state index in [1.54, 1.807) is 25.1 Å². The Morgan fingerprint density at radius 1 is 1.36 bits per heavy atom. The monoisotopic (exact) mass is 342 g/mol. The standard InChI is InChI=1S/C18H26N6O/c1-13-11-14(16(25)22(3)4)21-17(20-13)18(2)7-6-9-24(18)12-15-19-8-10-23(15)5/h8,10-11H,6-7,9,12H2,1-5H3/t18-/m1/s1. The topological polar surface area (TPSA) is 67.2 Å².